The van der Waals surface area contributed by atoms with E-state index in [1.165, 1.54) is 0 Å². The van der Waals surface area contributed by atoms with E-state index in [0.29, 0.717) is 6.20 Å². The number of halogens is 3. The van der Waals surface area contributed by atoms with Gasteiger partial charge in [-0.1, -0.05) is 0 Å². The molecule has 66 valence electrons. The molecule has 0 saturated carbocycles. The van der Waals surface area contributed by atoms with Crippen LogP contribution in [0.15, 0.2) is 11.0 Å². The molecule has 0 saturated heterocycles. The summed E-state index contributed by atoms with van der Waals surface area (Å²) in [5.74, 6) is -1.37. The lowest BCUT2D eigenvalue weighted by molar-refractivity contribution is 0.151. The van der Waals surface area contributed by atoms with Gasteiger partial charge in [-0.15, -0.1) is 0 Å². The smallest absolute Gasteiger partial charge is 0.286 e. The van der Waals surface area contributed by atoms with Crippen LogP contribution < -0.4 is 11.3 Å². The van der Waals surface area contributed by atoms with Gasteiger partial charge < -0.3 is 10.7 Å². The maximum absolute atomic E-state index is 12.5. The van der Waals surface area contributed by atoms with Gasteiger partial charge >= 0.3 is 0 Å². The number of aromatic amines is 1. The summed E-state index contributed by atoms with van der Waals surface area (Å²) >= 11 is 0. The van der Waals surface area contributed by atoms with Crippen LogP contribution in [0, 0.1) is 5.82 Å². The number of nitrogens with two attached hydrogens (primary N) is 1. The molecule has 3 nitrogen and oxygen atoms in total. The second-order valence-corrected chi connectivity index (χ2v) is 2.10. The minimum atomic E-state index is -2.89. The molecule has 0 aliphatic carbocycles. The lowest BCUT2D eigenvalue weighted by atomic mass is 10.2. The summed E-state index contributed by atoms with van der Waals surface area (Å²) in [6, 6.07) is 0. The molecule has 0 atom stereocenters. The second-order valence-electron chi connectivity index (χ2n) is 2.10. The number of rotatable bonds is 1. The van der Waals surface area contributed by atoms with Gasteiger partial charge in [-0.25, -0.2) is 8.78 Å². The van der Waals surface area contributed by atoms with Crippen LogP contribution in [-0.4, -0.2) is 4.98 Å². The van der Waals surface area contributed by atoms with Crippen molar-refractivity contribution in [2.45, 2.75) is 6.43 Å². The van der Waals surface area contributed by atoms with Crippen LogP contribution in [-0.2, 0) is 0 Å². The zero-order valence-corrected chi connectivity index (χ0v) is 5.77. The van der Waals surface area contributed by atoms with Crippen molar-refractivity contribution in [3.8, 4) is 0 Å². The Balaban J connectivity index is 3.36. The standard InChI is InChI=1S/C6H5F3N2O/c7-3-4(10)2(5(8)9)1-11-6(3)12/h1,5H,(H3,10,11,12). The highest BCUT2D eigenvalue weighted by atomic mass is 19.3. The summed E-state index contributed by atoms with van der Waals surface area (Å²) in [4.78, 5) is 12.3. The lowest BCUT2D eigenvalue weighted by Gasteiger charge is -2.02. The summed E-state index contributed by atoms with van der Waals surface area (Å²) in [5, 5.41) is 0. The van der Waals surface area contributed by atoms with Crippen LogP contribution in [0.25, 0.3) is 0 Å². The quantitative estimate of drug-likeness (QED) is 0.674. The summed E-state index contributed by atoms with van der Waals surface area (Å²) in [6.45, 7) is 0. The van der Waals surface area contributed by atoms with Gasteiger partial charge in [0.1, 0.15) is 0 Å². The number of nitrogen functional groups attached to an aromatic ring is 1. The summed E-state index contributed by atoms with van der Waals surface area (Å²) in [6.07, 6.45) is -2.19. The Labute approximate surface area is 65.0 Å². The van der Waals surface area contributed by atoms with Crippen molar-refractivity contribution in [2.24, 2.45) is 0 Å². The molecule has 0 aromatic carbocycles. The Morgan fingerprint density at radius 3 is 2.58 bits per heavy atom. The molecule has 1 aromatic rings. The molecular formula is C6H5F3N2O. The fourth-order valence-corrected chi connectivity index (χ4v) is 0.714. The molecule has 1 rings (SSSR count). The molecule has 0 amide bonds. The molecule has 0 spiro atoms. The first kappa shape index (κ1) is 8.63. The third kappa shape index (κ3) is 1.27. The first-order chi connectivity index (χ1) is 5.54. The van der Waals surface area contributed by atoms with Crippen LogP contribution in [0.5, 0.6) is 0 Å². The molecule has 0 radical (unpaired) electrons. The highest BCUT2D eigenvalue weighted by Gasteiger charge is 2.16. The molecular weight excluding hydrogens is 173 g/mol. The minimum Gasteiger partial charge on any atom is -0.396 e. The number of hydrogen-bond acceptors (Lipinski definition) is 2. The van der Waals surface area contributed by atoms with Crippen molar-refractivity contribution in [3.63, 3.8) is 0 Å². The van der Waals surface area contributed by atoms with E-state index >= 15 is 0 Å². The Morgan fingerprint density at radius 1 is 1.50 bits per heavy atom. The Hall–Kier alpha value is -1.46. The van der Waals surface area contributed by atoms with Gasteiger partial charge in [0.25, 0.3) is 12.0 Å². The van der Waals surface area contributed by atoms with Crippen molar-refractivity contribution < 1.29 is 13.2 Å². The highest BCUT2D eigenvalue weighted by Crippen LogP contribution is 2.23. The zero-order valence-electron chi connectivity index (χ0n) is 5.77. The average Bonchev–Trinajstić information content (AvgIpc) is 2.00. The third-order valence-corrected chi connectivity index (χ3v) is 1.34. The van der Waals surface area contributed by atoms with E-state index in [-0.39, 0.29) is 0 Å². The molecule has 0 unspecified atom stereocenters. The predicted octanol–water partition coefficient (Wildman–Crippen LogP) is 1.03. The van der Waals surface area contributed by atoms with Gasteiger partial charge in [0, 0.05) is 6.20 Å². The number of nitrogens with one attached hydrogen (secondary N) is 1. The van der Waals surface area contributed by atoms with Crippen LogP contribution in [0.1, 0.15) is 12.0 Å². The SMILES string of the molecule is Nc1c(C(F)F)c[nH]c(=O)c1F. The fourth-order valence-electron chi connectivity index (χ4n) is 0.714. The molecule has 1 heterocycles. The molecule has 3 N–H and O–H groups in total. The maximum atomic E-state index is 12.5. The highest BCUT2D eigenvalue weighted by molar-refractivity contribution is 5.46. The van der Waals surface area contributed by atoms with Crippen molar-refractivity contribution in [2.75, 3.05) is 5.73 Å². The van der Waals surface area contributed by atoms with E-state index in [4.69, 9.17) is 5.73 Å². The zero-order chi connectivity index (χ0) is 9.30. The van der Waals surface area contributed by atoms with Gasteiger partial charge in [0.2, 0.25) is 5.82 Å². The van der Waals surface area contributed by atoms with E-state index in [1.807, 2.05) is 0 Å². The topological polar surface area (TPSA) is 58.9 Å². The van der Waals surface area contributed by atoms with Gasteiger partial charge in [0.15, 0.2) is 0 Å². The number of anilines is 1. The van der Waals surface area contributed by atoms with Crippen molar-refractivity contribution in [3.05, 3.63) is 27.9 Å². The minimum absolute atomic E-state index is 0.700. The average molecular weight is 178 g/mol. The lowest BCUT2D eigenvalue weighted by Crippen LogP contribution is -2.15. The Kier molecular flexibility index (Phi) is 2.07. The van der Waals surface area contributed by atoms with Gasteiger partial charge in [-0.2, -0.15) is 4.39 Å². The Bertz CT molecular complexity index is 347. The number of pyridine rings is 1. The van der Waals surface area contributed by atoms with Crippen LogP contribution in [0.2, 0.25) is 0 Å². The monoisotopic (exact) mass is 178 g/mol. The molecule has 0 fully saturated rings. The molecule has 0 bridgehead atoms. The summed E-state index contributed by atoms with van der Waals surface area (Å²) < 4.78 is 36.5. The van der Waals surface area contributed by atoms with Crippen molar-refractivity contribution in [1.82, 2.24) is 4.98 Å². The van der Waals surface area contributed by atoms with Crippen LogP contribution in [0.3, 0.4) is 0 Å². The maximum Gasteiger partial charge on any atom is 0.286 e. The van der Waals surface area contributed by atoms with E-state index in [0.717, 1.165) is 0 Å². The van der Waals surface area contributed by atoms with Gasteiger partial charge in [-0.3, -0.25) is 4.79 Å². The number of H-pyrrole nitrogens is 1. The fraction of sp³-hybridized carbons (Fsp3) is 0.167. The van der Waals surface area contributed by atoms with Crippen LogP contribution >= 0.6 is 0 Å². The first-order valence-electron chi connectivity index (χ1n) is 2.98. The number of hydrogen-bond donors (Lipinski definition) is 2. The van der Waals surface area contributed by atoms with Crippen molar-refractivity contribution >= 4 is 5.69 Å². The van der Waals surface area contributed by atoms with E-state index in [2.05, 4.69) is 0 Å². The third-order valence-electron chi connectivity index (χ3n) is 1.34. The normalized spacial score (nSPS) is 10.7. The molecule has 1 aromatic heterocycles. The molecule has 12 heavy (non-hydrogen) atoms. The van der Waals surface area contributed by atoms with Crippen LogP contribution in [0.4, 0.5) is 18.9 Å². The predicted molar refractivity (Wildman–Crippen MR) is 36.4 cm³/mol. The second kappa shape index (κ2) is 2.88. The van der Waals surface area contributed by atoms with E-state index in [9.17, 15) is 18.0 Å². The summed E-state index contributed by atoms with van der Waals surface area (Å²) in [5.41, 5.74) is 2.31. The van der Waals surface area contributed by atoms with E-state index in [1.54, 1.807) is 4.98 Å². The Morgan fingerprint density at radius 2 is 2.08 bits per heavy atom. The van der Waals surface area contributed by atoms with Gasteiger partial charge in [-0.05, 0) is 0 Å². The summed E-state index contributed by atoms with van der Waals surface area (Å²) in [7, 11) is 0. The number of alkyl halides is 2. The molecule has 0 aliphatic heterocycles. The molecule has 6 heteroatoms. The molecule has 0 aliphatic rings. The first-order valence-corrected chi connectivity index (χ1v) is 2.98. The van der Waals surface area contributed by atoms with Gasteiger partial charge in [0.05, 0.1) is 11.3 Å². The largest absolute Gasteiger partial charge is 0.396 e. The number of aromatic nitrogens is 1. The van der Waals surface area contributed by atoms with Crippen molar-refractivity contribution in [1.29, 1.82) is 0 Å². The van der Waals surface area contributed by atoms with E-state index < -0.39 is 29.1 Å².